The lowest BCUT2D eigenvalue weighted by Gasteiger charge is -2.03. The third-order valence-corrected chi connectivity index (χ3v) is 1.45. The molecule has 0 atom stereocenters. The van der Waals surface area contributed by atoms with Gasteiger partial charge in [0.1, 0.15) is 0 Å². The van der Waals surface area contributed by atoms with Crippen molar-refractivity contribution in [2.45, 2.75) is 12.8 Å². The number of rotatable bonds is 1. The first-order valence-electron chi connectivity index (χ1n) is 2.79. The normalized spacial score (nSPS) is 19.5. The molecule has 0 amide bonds. The van der Waals surface area contributed by atoms with Gasteiger partial charge < -0.3 is 5.73 Å². The number of amidine groups is 1. The van der Waals surface area contributed by atoms with Gasteiger partial charge in [-0.3, -0.25) is 5.41 Å². The molecule has 0 fully saturated rings. The highest BCUT2D eigenvalue weighted by molar-refractivity contribution is 5.80. The maximum atomic E-state index is 7.03. The summed E-state index contributed by atoms with van der Waals surface area (Å²) in [5, 5.41) is 7.03. The largest absolute Gasteiger partial charge is 0.387 e. The summed E-state index contributed by atoms with van der Waals surface area (Å²) in [5.74, 6) is 0.644. The Morgan fingerprint density at radius 2 is 2.00 bits per heavy atom. The lowest BCUT2D eigenvalue weighted by Crippen LogP contribution is -2.19. The molecule has 0 heterocycles. The smallest absolute Gasteiger partial charge is 0.0943 e. The van der Waals surface area contributed by atoms with Crippen LogP contribution in [0.3, 0.4) is 0 Å². The molecule has 2 heteroatoms. The van der Waals surface area contributed by atoms with E-state index < -0.39 is 0 Å². The van der Waals surface area contributed by atoms with Crippen LogP contribution in [0.4, 0.5) is 0 Å². The minimum atomic E-state index is 0.315. The molecule has 44 valence electrons. The second-order valence-electron chi connectivity index (χ2n) is 2.10. The summed E-state index contributed by atoms with van der Waals surface area (Å²) in [4.78, 5) is 0. The molecule has 0 aromatic heterocycles. The van der Waals surface area contributed by atoms with Crippen molar-refractivity contribution in [2.24, 2.45) is 11.7 Å². The van der Waals surface area contributed by atoms with Crippen molar-refractivity contribution in [3.63, 3.8) is 0 Å². The van der Waals surface area contributed by atoms with E-state index in [0.29, 0.717) is 11.8 Å². The third-order valence-electron chi connectivity index (χ3n) is 1.45. The van der Waals surface area contributed by atoms with Crippen molar-refractivity contribution in [3.8, 4) is 0 Å². The van der Waals surface area contributed by atoms with Crippen molar-refractivity contribution in [3.05, 3.63) is 12.2 Å². The van der Waals surface area contributed by atoms with Gasteiger partial charge in [-0.2, -0.15) is 0 Å². The molecule has 0 unspecified atom stereocenters. The Hall–Kier alpha value is -0.790. The highest BCUT2D eigenvalue weighted by atomic mass is 14.7. The van der Waals surface area contributed by atoms with E-state index in [9.17, 15) is 0 Å². The SMILES string of the molecule is N=C(N)C1CC=CC1. The van der Waals surface area contributed by atoms with Gasteiger partial charge >= 0.3 is 0 Å². The van der Waals surface area contributed by atoms with Gasteiger partial charge in [-0.1, -0.05) is 12.2 Å². The van der Waals surface area contributed by atoms with Crippen LogP contribution >= 0.6 is 0 Å². The number of nitrogens with one attached hydrogen (secondary N) is 1. The van der Waals surface area contributed by atoms with Gasteiger partial charge in [-0.25, -0.2) is 0 Å². The van der Waals surface area contributed by atoms with Crippen molar-refractivity contribution >= 4 is 5.84 Å². The van der Waals surface area contributed by atoms with E-state index in [1.165, 1.54) is 0 Å². The molecule has 0 saturated heterocycles. The molecule has 3 N–H and O–H groups in total. The lowest BCUT2D eigenvalue weighted by atomic mass is 10.1. The molecule has 0 radical (unpaired) electrons. The van der Waals surface area contributed by atoms with Crippen molar-refractivity contribution in [1.82, 2.24) is 0 Å². The van der Waals surface area contributed by atoms with Gasteiger partial charge in [0.15, 0.2) is 0 Å². The Kier molecular flexibility index (Phi) is 1.33. The predicted octanol–water partition coefficient (Wildman–Crippen LogP) is 0.889. The summed E-state index contributed by atoms with van der Waals surface area (Å²) in [7, 11) is 0. The van der Waals surface area contributed by atoms with E-state index in [0.717, 1.165) is 12.8 Å². The molecule has 2 nitrogen and oxygen atoms in total. The Labute approximate surface area is 48.9 Å². The zero-order chi connectivity index (χ0) is 5.98. The molecule has 0 spiro atoms. The third kappa shape index (κ3) is 0.886. The summed E-state index contributed by atoms with van der Waals surface area (Å²) >= 11 is 0. The average molecular weight is 110 g/mol. The van der Waals surface area contributed by atoms with E-state index >= 15 is 0 Å². The molecular weight excluding hydrogens is 100 g/mol. The zero-order valence-electron chi connectivity index (χ0n) is 4.72. The van der Waals surface area contributed by atoms with Crippen molar-refractivity contribution in [2.75, 3.05) is 0 Å². The topological polar surface area (TPSA) is 49.9 Å². The van der Waals surface area contributed by atoms with Gasteiger partial charge in [0.2, 0.25) is 0 Å². The number of hydrogen-bond donors (Lipinski definition) is 2. The summed E-state index contributed by atoms with van der Waals surface area (Å²) in [6, 6.07) is 0. The van der Waals surface area contributed by atoms with Gasteiger partial charge in [0, 0.05) is 5.92 Å². The van der Waals surface area contributed by atoms with Crippen LogP contribution in [0.2, 0.25) is 0 Å². The fraction of sp³-hybridized carbons (Fsp3) is 0.500. The number of allylic oxidation sites excluding steroid dienone is 2. The van der Waals surface area contributed by atoms with Crippen LogP contribution in [0.5, 0.6) is 0 Å². The minimum absolute atomic E-state index is 0.315. The predicted molar refractivity (Wildman–Crippen MR) is 33.8 cm³/mol. The maximum absolute atomic E-state index is 7.03. The molecule has 1 aliphatic carbocycles. The van der Waals surface area contributed by atoms with E-state index in [1.807, 2.05) is 0 Å². The van der Waals surface area contributed by atoms with Crippen LogP contribution in [0.15, 0.2) is 12.2 Å². The Bertz CT molecular complexity index is 118. The molecule has 8 heavy (non-hydrogen) atoms. The quantitative estimate of drug-likeness (QED) is 0.294. The minimum Gasteiger partial charge on any atom is -0.387 e. The van der Waals surface area contributed by atoms with E-state index in [4.69, 9.17) is 11.1 Å². The van der Waals surface area contributed by atoms with E-state index in [1.54, 1.807) is 0 Å². The molecule has 0 aliphatic heterocycles. The van der Waals surface area contributed by atoms with E-state index in [-0.39, 0.29) is 0 Å². The molecule has 0 aromatic carbocycles. The molecule has 1 aliphatic rings. The van der Waals surface area contributed by atoms with Crippen LogP contribution in [0.1, 0.15) is 12.8 Å². The van der Waals surface area contributed by atoms with Gasteiger partial charge in [0.25, 0.3) is 0 Å². The highest BCUT2D eigenvalue weighted by Gasteiger charge is 2.11. The van der Waals surface area contributed by atoms with Crippen molar-refractivity contribution < 1.29 is 0 Å². The van der Waals surface area contributed by atoms with Gasteiger partial charge in [0.05, 0.1) is 5.84 Å². The van der Waals surface area contributed by atoms with Gasteiger partial charge in [-0.05, 0) is 12.8 Å². The van der Waals surface area contributed by atoms with Crippen LogP contribution in [0.25, 0.3) is 0 Å². The monoisotopic (exact) mass is 110 g/mol. The van der Waals surface area contributed by atoms with Crippen LogP contribution in [-0.2, 0) is 0 Å². The first-order chi connectivity index (χ1) is 3.80. The second kappa shape index (κ2) is 1.99. The molecule has 0 saturated carbocycles. The van der Waals surface area contributed by atoms with Gasteiger partial charge in [-0.15, -0.1) is 0 Å². The lowest BCUT2D eigenvalue weighted by molar-refractivity contribution is 0.749. The molecule has 0 bridgehead atoms. The van der Waals surface area contributed by atoms with E-state index in [2.05, 4.69) is 12.2 Å². The molecular formula is C6H10N2. The summed E-state index contributed by atoms with van der Waals surface area (Å²) < 4.78 is 0. The van der Waals surface area contributed by atoms with Crippen LogP contribution < -0.4 is 5.73 Å². The fourth-order valence-electron chi connectivity index (χ4n) is 0.871. The Morgan fingerprint density at radius 1 is 1.50 bits per heavy atom. The number of hydrogen-bond acceptors (Lipinski definition) is 1. The van der Waals surface area contributed by atoms with Crippen LogP contribution in [0, 0.1) is 11.3 Å². The Morgan fingerprint density at radius 3 is 2.25 bits per heavy atom. The van der Waals surface area contributed by atoms with Crippen molar-refractivity contribution in [1.29, 1.82) is 5.41 Å². The average Bonchev–Trinajstić information content (AvgIpc) is 2.12. The standard InChI is InChI=1S/C6H10N2/c7-6(8)5-3-1-2-4-5/h1-2,5H,3-4H2,(H3,7,8). The zero-order valence-corrected chi connectivity index (χ0v) is 4.72. The first kappa shape index (κ1) is 5.35. The fourth-order valence-corrected chi connectivity index (χ4v) is 0.871. The first-order valence-corrected chi connectivity index (χ1v) is 2.79. The summed E-state index contributed by atoms with van der Waals surface area (Å²) in [6.45, 7) is 0. The van der Waals surface area contributed by atoms with Crippen LogP contribution in [-0.4, -0.2) is 5.84 Å². The second-order valence-corrected chi connectivity index (χ2v) is 2.10. The molecule has 0 aromatic rings. The Balaban J connectivity index is 2.41. The number of nitrogens with two attached hydrogens (primary N) is 1. The highest BCUT2D eigenvalue weighted by Crippen LogP contribution is 2.16. The maximum Gasteiger partial charge on any atom is 0.0943 e. The molecule has 1 rings (SSSR count). The summed E-state index contributed by atoms with van der Waals surface area (Å²) in [5.41, 5.74) is 5.24. The summed E-state index contributed by atoms with van der Waals surface area (Å²) in [6.07, 6.45) is 6.09.